The Hall–Kier alpha value is -1.86. The average Bonchev–Trinajstić information content (AvgIpc) is 2.33. The molecule has 3 atom stereocenters. The summed E-state index contributed by atoms with van der Waals surface area (Å²) in [4.78, 5) is 27.5. The summed E-state index contributed by atoms with van der Waals surface area (Å²) >= 11 is 5.84. The number of aromatic nitrogens is 1. The van der Waals surface area contributed by atoms with E-state index in [-0.39, 0.29) is 0 Å². The maximum absolute atomic E-state index is 11.3. The third kappa shape index (κ3) is 2.54. The zero-order valence-corrected chi connectivity index (χ0v) is 11.4. The van der Waals surface area contributed by atoms with Gasteiger partial charge in [-0.3, -0.25) is 9.88 Å². The molecule has 2 rings (SSSR count). The molecule has 8 heteroatoms. The quantitative estimate of drug-likeness (QED) is 0.852. The van der Waals surface area contributed by atoms with Crippen molar-refractivity contribution < 1.29 is 19.4 Å². The molecule has 1 aromatic rings. The highest BCUT2D eigenvalue weighted by atomic mass is 35.5. The fraction of sp³-hybridized carbons (Fsp3) is 0.417. The van der Waals surface area contributed by atoms with Crippen molar-refractivity contribution in [3.63, 3.8) is 0 Å². The number of pyridine rings is 1. The van der Waals surface area contributed by atoms with Gasteiger partial charge < -0.3 is 15.6 Å². The van der Waals surface area contributed by atoms with Crippen LogP contribution in [0.25, 0.3) is 0 Å². The summed E-state index contributed by atoms with van der Waals surface area (Å²) < 4.78 is 5.16. The summed E-state index contributed by atoms with van der Waals surface area (Å²) in [6.45, 7) is 0. The van der Waals surface area contributed by atoms with Gasteiger partial charge in [-0.1, -0.05) is 11.6 Å². The lowest BCUT2D eigenvalue weighted by Gasteiger charge is -2.50. The normalized spacial score (nSPS) is 25.1. The number of rotatable bonds is 4. The molecule has 0 saturated carbocycles. The van der Waals surface area contributed by atoms with Gasteiger partial charge in [0, 0.05) is 25.4 Å². The van der Waals surface area contributed by atoms with Crippen molar-refractivity contribution in [3.05, 3.63) is 29.0 Å². The Labute approximate surface area is 120 Å². The van der Waals surface area contributed by atoms with Crippen LogP contribution in [0.2, 0.25) is 5.02 Å². The molecule has 0 bridgehead atoms. The summed E-state index contributed by atoms with van der Waals surface area (Å²) in [5.74, 6) is -1.51. The van der Waals surface area contributed by atoms with E-state index < -0.39 is 30.2 Å². The van der Waals surface area contributed by atoms with Gasteiger partial charge >= 0.3 is 12.0 Å². The Kier molecular flexibility index (Phi) is 4.10. The first-order chi connectivity index (χ1) is 9.45. The van der Waals surface area contributed by atoms with Crippen molar-refractivity contribution in [3.8, 4) is 0 Å². The number of hydrogen-bond donors (Lipinski definition) is 2. The molecule has 2 unspecified atom stereocenters. The fourth-order valence-corrected chi connectivity index (χ4v) is 2.73. The molecule has 1 fully saturated rings. The first kappa shape index (κ1) is 14.5. The number of halogens is 1. The molecule has 2 amide bonds. The highest BCUT2D eigenvalue weighted by molar-refractivity contribution is 6.30. The van der Waals surface area contributed by atoms with Gasteiger partial charge in [0.15, 0.2) is 0 Å². The lowest BCUT2D eigenvalue weighted by molar-refractivity contribution is -0.187. The second kappa shape index (κ2) is 5.64. The maximum atomic E-state index is 11.3. The lowest BCUT2D eigenvalue weighted by Crippen LogP contribution is -2.71. The number of likely N-dealkylation sites (tertiary alicyclic amines) is 1. The van der Waals surface area contributed by atoms with Crippen LogP contribution >= 0.6 is 11.6 Å². The van der Waals surface area contributed by atoms with Crippen molar-refractivity contribution in [1.29, 1.82) is 0 Å². The minimum atomic E-state index is -1.11. The Morgan fingerprint density at radius 1 is 1.55 bits per heavy atom. The molecule has 1 saturated heterocycles. The van der Waals surface area contributed by atoms with Crippen LogP contribution in [0, 0.1) is 5.92 Å². The topological polar surface area (TPSA) is 106 Å². The van der Waals surface area contributed by atoms with Gasteiger partial charge in [0.05, 0.1) is 5.02 Å². The van der Waals surface area contributed by atoms with Gasteiger partial charge in [-0.15, -0.1) is 0 Å². The van der Waals surface area contributed by atoms with E-state index in [2.05, 4.69) is 4.98 Å². The van der Waals surface area contributed by atoms with E-state index in [0.717, 1.165) is 10.5 Å². The van der Waals surface area contributed by atoms with E-state index in [0.29, 0.717) is 11.4 Å². The van der Waals surface area contributed by atoms with Gasteiger partial charge in [0.1, 0.15) is 12.3 Å². The number of carboxylic acid groups (broad SMARTS) is 1. The highest BCUT2D eigenvalue weighted by Crippen LogP contribution is 2.35. The third-order valence-electron chi connectivity index (χ3n) is 3.33. The van der Waals surface area contributed by atoms with Crippen LogP contribution < -0.4 is 5.73 Å². The summed E-state index contributed by atoms with van der Waals surface area (Å²) in [5.41, 5.74) is 5.96. The van der Waals surface area contributed by atoms with Gasteiger partial charge in [-0.05, 0) is 18.1 Å². The van der Waals surface area contributed by atoms with E-state index >= 15 is 0 Å². The van der Waals surface area contributed by atoms with Crippen molar-refractivity contribution in [2.24, 2.45) is 11.7 Å². The number of carbonyl (C=O) groups is 2. The summed E-state index contributed by atoms with van der Waals surface area (Å²) in [5, 5.41) is 9.69. The molecule has 3 N–H and O–H groups in total. The summed E-state index contributed by atoms with van der Waals surface area (Å²) in [7, 11) is 1.40. The minimum absolute atomic E-state index is 0.382. The highest BCUT2D eigenvalue weighted by Gasteiger charge is 2.54. The molecule has 0 spiro atoms. The Balaban J connectivity index is 2.20. The van der Waals surface area contributed by atoms with Crippen LogP contribution in [-0.2, 0) is 16.0 Å². The van der Waals surface area contributed by atoms with Gasteiger partial charge in [-0.25, -0.2) is 9.59 Å². The number of methoxy groups -OCH3 is 1. The van der Waals surface area contributed by atoms with Crippen molar-refractivity contribution in [1.82, 2.24) is 9.88 Å². The molecule has 0 aliphatic carbocycles. The SMILES string of the molecule is COC1[C@H](Cc2cncc(Cl)c2)C(C(=O)O)N1C(N)=O. The van der Waals surface area contributed by atoms with E-state index in [1.165, 1.54) is 13.3 Å². The van der Waals surface area contributed by atoms with Gasteiger partial charge in [-0.2, -0.15) is 0 Å². The number of carbonyl (C=O) groups excluding carboxylic acids is 1. The van der Waals surface area contributed by atoms with Gasteiger partial charge in [0.2, 0.25) is 0 Å². The zero-order chi connectivity index (χ0) is 14.9. The summed E-state index contributed by atoms with van der Waals surface area (Å²) in [6, 6.07) is -0.117. The van der Waals surface area contributed by atoms with E-state index in [4.69, 9.17) is 22.1 Å². The van der Waals surface area contributed by atoms with Gasteiger partial charge in [0.25, 0.3) is 0 Å². The van der Waals surface area contributed by atoms with Crippen LogP contribution in [0.5, 0.6) is 0 Å². The standard InChI is InChI=1S/C12H14ClN3O4/c1-20-10-8(3-6-2-7(13)5-15-4-6)9(11(17)18)16(10)12(14)19/h2,4-5,8-10H,3H2,1H3,(H2,14,19)(H,17,18)/t8-,9?,10?/m1/s1. The molecule has 1 aromatic heterocycles. The molecule has 0 radical (unpaired) electrons. The molecule has 1 aliphatic heterocycles. The zero-order valence-electron chi connectivity index (χ0n) is 10.7. The molecular formula is C12H14ClN3O4. The predicted octanol–water partition coefficient (Wildman–Crippen LogP) is 0.714. The first-order valence-corrected chi connectivity index (χ1v) is 6.26. The maximum Gasteiger partial charge on any atom is 0.327 e. The van der Waals surface area contributed by atoms with Crippen LogP contribution in [0.1, 0.15) is 5.56 Å². The number of nitrogens with zero attached hydrogens (tertiary/aromatic N) is 2. The number of urea groups is 1. The molecule has 1 aliphatic rings. The second-order valence-electron chi connectivity index (χ2n) is 4.53. The molecule has 7 nitrogen and oxygen atoms in total. The average molecular weight is 300 g/mol. The van der Waals surface area contributed by atoms with E-state index in [1.54, 1.807) is 12.3 Å². The lowest BCUT2D eigenvalue weighted by atomic mass is 9.81. The Bertz CT molecular complexity index is 539. The largest absolute Gasteiger partial charge is 0.480 e. The monoisotopic (exact) mass is 299 g/mol. The van der Waals surface area contributed by atoms with Crippen LogP contribution in [0.3, 0.4) is 0 Å². The minimum Gasteiger partial charge on any atom is -0.480 e. The Morgan fingerprint density at radius 3 is 2.75 bits per heavy atom. The van der Waals surface area contributed by atoms with Crippen molar-refractivity contribution >= 4 is 23.6 Å². The number of ether oxygens (including phenoxy) is 1. The van der Waals surface area contributed by atoms with E-state index in [1.807, 2.05) is 0 Å². The summed E-state index contributed by atoms with van der Waals surface area (Å²) in [6.07, 6.45) is 2.81. The number of hydrogen-bond acceptors (Lipinski definition) is 4. The van der Waals surface area contributed by atoms with E-state index in [9.17, 15) is 14.7 Å². The first-order valence-electron chi connectivity index (χ1n) is 5.88. The van der Waals surface area contributed by atoms with Crippen LogP contribution in [0.15, 0.2) is 18.5 Å². The van der Waals surface area contributed by atoms with Crippen molar-refractivity contribution in [2.45, 2.75) is 18.7 Å². The number of nitrogens with two attached hydrogens (primary N) is 1. The second-order valence-corrected chi connectivity index (χ2v) is 4.97. The number of amides is 2. The predicted molar refractivity (Wildman–Crippen MR) is 70.1 cm³/mol. The van der Waals surface area contributed by atoms with Crippen molar-refractivity contribution in [2.75, 3.05) is 7.11 Å². The third-order valence-corrected chi connectivity index (χ3v) is 3.53. The fourth-order valence-electron chi connectivity index (χ4n) is 2.53. The van der Waals surface area contributed by atoms with Crippen LogP contribution in [-0.4, -0.2) is 46.4 Å². The smallest absolute Gasteiger partial charge is 0.327 e. The molecule has 20 heavy (non-hydrogen) atoms. The number of primary amides is 1. The number of carboxylic acids is 1. The van der Waals surface area contributed by atoms with Crippen LogP contribution in [0.4, 0.5) is 4.79 Å². The Morgan fingerprint density at radius 2 is 2.25 bits per heavy atom. The molecular weight excluding hydrogens is 286 g/mol. The number of aliphatic carboxylic acids is 1. The molecule has 2 heterocycles. The molecule has 0 aromatic carbocycles. The molecule has 108 valence electrons.